The number of hydrogen-bond acceptors (Lipinski definition) is 4. The fourth-order valence-electron chi connectivity index (χ4n) is 2.47. The number of nitrogens with zero attached hydrogens (tertiary/aromatic N) is 2. The van der Waals surface area contributed by atoms with Gasteiger partial charge in [0, 0.05) is 36.9 Å². The summed E-state index contributed by atoms with van der Waals surface area (Å²) in [5.41, 5.74) is 3.33. The summed E-state index contributed by atoms with van der Waals surface area (Å²) in [5.74, 6) is 2.32. The van der Waals surface area contributed by atoms with Gasteiger partial charge < -0.3 is 10.1 Å². The van der Waals surface area contributed by atoms with Crippen LogP contribution in [0.2, 0.25) is 0 Å². The second-order valence-corrected chi connectivity index (χ2v) is 5.40. The fraction of sp³-hybridized carbons (Fsp3) is 0.412. The van der Waals surface area contributed by atoms with Crippen molar-refractivity contribution in [1.29, 1.82) is 0 Å². The van der Waals surface area contributed by atoms with Gasteiger partial charge in [-0.25, -0.2) is 9.97 Å². The molecule has 4 heteroatoms. The molecular formula is C17H21N3O. The predicted octanol–water partition coefficient (Wildman–Crippen LogP) is 3.60. The summed E-state index contributed by atoms with van der Waals surface area (Å²) in [7, 11) is 1.71. The highest BCUT2D eigenvalue weighted by Gasteiger charge is 2.26. The van der Waals surface area contributed by atoms with Gasteiger partial charge in [-0.2, -0.15) is 0 Å². The summed E-state index contributed by atoms with van der Waals surface area (Å²) in [5, 5.41) is 3.31. The lowest BCUT2D eigenvalue weighted by molar-refractivity contribution is 0.185. The number of ether oxygens (including phenoxy) is 1. The van der Waals surface area contributed by atoms with Crippen molar-refractivity contribution in [3.63, 3.8) is 0 Å². The van der Waals surface area contributed by atoms with Gasteiger partial charge in [0.1, 0.15) is 5.82 Å². The molecule has 0 radical (unpaired) electrons. The van der Waals surface area contributed by atoms with Crippen molar-refractivity contribution in [1.82, 2.24) is 9.97 Å². The largest absolute Gasteiger partial charge is 0.380 e. The quantitative estimate of drug-likeness (QED) is 0.880. The summed E-state index contributed by atoms with van der Waals surface area (Å²) >= 11 is 0. The highest BCUT2D eigenvalue weighted by atomic mass is 16.5. The summed E-state index contributed by atoms with van der Waals surface area (Å²) in [6.45, 7) is 3.52. The Morgan fingerprint density at radius 2 is 2.05 bits per heavy atom. The van der Waals surface area contributed by atoms with Crippen molar-refractivity contribution in [3.8, 4) is 11.4 Å². The lowest BCUT2D eigenvalue weighted by Crippen LogP contribution is -2.05. The van der Waals surface area contributed by atoms with Crippen LogP contribution in [-0.2, 0) is 11.3 Å². The van der Waals surface area contributed by atoms with Crippen LogP contribution in [0.3, 0.4) is 0 Å². The molecule has 2 aromatic rings. The van der Waals surface area contributed by atoms with Gasteiger partial charge in [0.2, 0.25) is 0 Å². The molecule has 1 aliphatic rings. The summed E-state index contributed by atoms with van der Waals surface area (Å²) < 4.78 is 5.29. The van der Waals surface area contributed by atoms with Gasteiger partial charge in [-0.1, -0.05) is 24.3 Å². The highest BCUT2D eigenvalue weighted by molar-refractivity contribution is 5.62. The summed E-state index contributed by atoms with van der Waals surface area (Å²) in [6.07, 6.45) is 2.48. The van der Waals surface area contributed by atoms with Gasteiger partial charge >= 0.3 is 0 Å². The van der Waals surface area contributed by atoms with Gasteiger partial charge in [-0.15, -0.1) is 0 Å². The molecule has 0 saturated heterocycles. The van der Waals surface area contributed by atoms with Crippen LogP contribution in [-0.4, -0.2) is 23.6 Å². The van der Waals surface area contributed by atoms with Crippen LogP contribution in [0.25, 0.3) is 11.4 Å². The van der Waals surface area contributed by atoms with Gasteiger partial charge in [0.25, 0.3) is 0 Å². The topological polar surface area (TPSA) is 47.0 Å². The van der Waals surface area contributed by atoms with Crippen molar-refractivity contribution in [2.75, 3.05) is 19.0 Å². The number of rotatable bonds is 6. The van der Waals surface area contributed by atoms with Gasteiger partial charge in [0.15, 0.2) is 5.82 Å². The Kier molecular flexibility index (Phi) is 4.15. The molecule has 1 saturated carbocycles. The first kappa shape index (κ1) is 14.0. The number of methoxy groups -OCH3 is 1. The number of nitrogens with one attached hydrogen (secondary N) is 1. The maximum Gasteiger partial charge on any atom is 0.162 e. The molecule has 0 spiro atoms. The lowest BCUT2D eigenvalue weighted by atomic mass is 10.1. The van der Waals surface area contributed by atoms with Crippen LogP contribution >= 0.6 is 0 Å². The zero-order valence-electron chi connectivity index (χ0n) is 12.6. The first-order valence-corrected chi connectivity index (χ1v) is 7.52. The third-order valence-electron chi connectivity index (χ3n) is 3.66. The molecule has 110 valence electrons. The Bertz CT molecular complexity index is 623. The van der Waals surface area contributed by atoms with Crippen molar-refractivity contribution < 1.29 is 4.74 Å². The SMILES string of the molecule is CCNc1cc(C2CC2)nc(-c2ccccc2COC)n1. The van der Waals surface area contributed by atoms with Crippen LogP contribution in [0.5, 0.6) is 0 Å². The molecule has 3 rings (SSSR count). The van der Waals surface area contributed by atoms with E-state index in [-0.39, 0.29) is 0 Å². The van der Waals surface area contributed by atoms with E-state index in [0.717, 1.165) is 35.0 Å². The number of hydrogen-bond donors (Lipinski definition) is 1. The minimum atomic E-state index is 0.573. The Balaban J connectivity index is 2.04. The Morgan fingerprint density at radius 3 is 2.76 bits per heavy atom. The fourth-order valence-corrected chi connectivity index (χ4v) is 2.47. The monoisotopic (exact) mass is 283 g/mol. The highest BCUT2D eigenvalue weighted by Crippen LogP contribution is 2.40. The maximum absolute atomic E-state index is 5.29. The first-order valence-electron chi connectivity index (χ1n) is 7.52. The number of anilines is 1. The zero-order chi connectivity index (χ0) is 14.7. The molecule has 1 aromatic carbocycles. The van der Waals surface area contributed by atoms with E-state index >= 15 is 0 Å². The molecule has 0 aliphatic heterocycles. The van der Waals surface area contributed by atoms with Crippen LogP contribution in [0.15, 0.2) is 30.3 Å². The molecular weight excluding hydrogens is 262 g/mol. The van der Waals surface area contributed by atoms with Gasteiger partial charge in [-0.3, -0.25) is 0 Å². The minimum absolute atomic E-state index is 0.573. The molecule has 1 heterocycles. The average molecular weight is 283 g/mol. The van der Waals surface area contributed by atoms with E-state index in [1.165, 1.54) is 12.8 Å². The van der Waals surface area contributed by atoms with Crippen molar-refractivity contribution in [2.45, 2.75) is 32.3 Å². The van der Waals surface area contributed by atoms with E-state index in [1.807, 2.05) is 12.1 Å². The molecule has 0 bridgehead atoms. The molecule has 0 amide bonds. The number of benzene rings is 1. The lowest BCUT2D eigenvalue weighted by Gasteiger charge is -2.11. The third kappa shape index (κ3) is 3.22. The van der Waals surface area contributed by atoms with E-state index in [9.17, 15) is 0 Å². The average Bonchev–Trinajstić information content (AvgIpc) is 3.33. The predicted molar refractivity (Wildman–Crippen MR) is 84.3 cm³/mol. The Morgan fingerprint density at radius 1 is 1.24 bits per heavy atom. The second-order valence-electron chi connectivity index (χ2n) is 5.40. The molecule has 0 unspecified atom stereocenters. The van der Waals surface area contributed by atoms with E-state index in [4.69, 9.17) is 9.72 Å². The Hall–Kier alpha value is -1.94. The van der Waals surface area contributed by atoms with Crippen molar-refractivity contribution in [2.24, 2.45) is 0 Å². The third-order valence-corrected chi connectivity index (χ3v) is 3.66. The van der Waals surface area contributed by atoms with Crippen LogP contribution in [0, 0.1) is 0 Å². The molecule has 1 N–H and O–H groups in total. The van der Waals surface area contributed by atoms with Gasteiger partial charge in [-0.05, 0) is 25.3 Å². The molecule has 1 aliphatic carbocycles. The second kappa shape index (κ2) is 6.22. The van der Waals surface area contributed by atoms with Gasteiger partial charge in [0.05, 0.1) is 6.61 Å². The van der Waals surface area contributed by atoms with E-state index in [0.29, 0.717) is 12.5 Å². The molecule has 4 nitrogen and oxygen atoms in total. The van der Waals surface area contributed by atoms with E-state index in [2.05, 4.69) is 35.4 Å². The van der Waals surface area contributed by atoms with Crippen molar-refractivity contribution in [3.05, 3.63) is 41.6 Å². The summed E-state index contributed by atoms with van der Waals surface area (Å²) in [6, 6.07) is 10.3. The molecule has 21 heavy (non-hydrogen) atoms. The molecule has 0 atom stereocenters. The molecule has 1 aromatic heterocycles. The van der Waals surface area contributed by atoms with Crippen LogP contribution in [0.4, 0.5) is 5.82 Å². The minimum Gasteiger partial charge on any atom is -0.380 e. The number of aromatic nitrogens is 2. The van der Waals surface area contributed by atoms with Crippen LogP contribution in [0.1, 0.15) is 36.9 Å². The maximum atomic E-state index is 5.29. The molecule has 1 fully saturated rings. The van der Waals surface area contributed by atoms with E-state index < -0.39 is 0 Å². The standard InChI is InChI=1S/C17H21N3O/c1-3-18-16-10-15(12-8-9-12)19-17(20-16)14-7-5-4-6-13(14)11-21-2/h4-7,10,12H,3,8-9,11H2,1-2H3,(H,18,19,20). The van der Waals surface area contributed by atoms with Crippen LogP contribution < -0.4 is 5.32 Å². The first-order chi connectivity index (χ1) is 10.3. The van der Waals surface area contributed by atoms with E-state index in [1.54, 1.807) is 7.11 Å². The summed E-state index contributed by atoms with van der Waals surface area (Å²) in [4.78, 5) is 9.45. The normalized spacial score (nSPS) is 14.2. The zero-order valence-corrected chi connectivity index (χ0v) is 12.6. The Labute approximate surface area is 125 Å². The smallest absolute Gasteiger partial charge is 0.162 e. The van der Waals surface area contributed by atoms with Crippen molar-refractivity contribution >= 4 is 5.82 Å².